The summed E-state index contributed by atoms with van der Waals surface area (Å²) >= 11 is 0. The van der Waals surface area contributed by atoms with Gasteiger partial charge >= 0.3 is 6.09 Å². The van der Waals surface area contributed by atoms with Crippen molar-refractivity contribution in [2.75, 3.05) is 30.3 Å². The molecular weight excluding hydrogens is 473 g/mol. The molecule has 0 radical (unpaired) electrons. The van der Waals surface area contributed by atoms with Crippen LogP contribution in [0.5, 0.6) is 0 Å². The van der Waals surface area contributed by atoms with Gasteiger partial charge in [0, 0.05) is 18.1 Å². The lowest BCUT2D eigenvalue weighted by Crippen LogP contribution is -2.56. The maximum Gasteiger partial charge on any atom is 0.410 e. The van der Waals surface area contributed by atoms with E-state index in [1.165, 1.54) is 18.2 Å². The third kappa shape index (κ3) is 4.12. The zero-order valence-corrected chi connectivity index (χ0v) is 21.4. The van der Waals surface area contributed by atoms with Crippen LogP contribution in [0.3, 0.4) is 0 Å². The third-order valence-electron chi connectivity index (χ3n) is 8.25. The molecule has 3 fully saturated rings. The molecule has 0 saturated carbocycles. The van der Waals surface area contributed by atoms with E-state index >= 15 is 0 Å². The summed E-state index contributed by atoms with van der Waals surface area (Å²) < 4.78 is 45.4. The summed E-state index contributed by atoms with van der Waals surface area (Å²) in [5, 5.41) is 0. The Kier molecular flexibility index (Phi) is 6.11. The number of hydrogen-bond donors (Lipinski definition) is 0. The Hall–Kier alpha value is -2.20. The van der Waals surface area contributed by atoms with Crippen molar-refractivity contribution in [3.63, 3.8) is 0 Å². The van der Waals surface area contributed by atoms with Crippen molar-refractivity contribution in [3.8, 4) is 0 Å². The van der Waals surface area contributed by atoms with Gasteiger partial charge in [-0.25, -0.2) is 21.9 Å². The average molecular weight is 508 g/mol. The predicted molar refractivity (Wildman–Crippen MR) is 129 cm³/mol. The van der Waals surface area contributed by atoms with Crippen molar-refractivity contribution in [1.29, 1.82) is 0 Å². The second-order valence-corrected chi connectivity index (χ2v) is 12.8. The molecule has 4 aliphatic heterocycles. The number of rotatable bonds is 4. The van der Waals surface area contributed by atoms with Crippen LogP contribution in [0.2, 0.25) is 0 Å². The van der Waals surface area contributed by atoms with Crippen molar-refractivity contribution in [1.82, 2.24) is 9.80 Å². The van der Waals surface area contributed by atoms with Gasteiger partial charge < -0.3 is 14.5 Å². The van der Waals surface area contributed by atoms with E-state index in [0.717, 1.165) is 36.2 Å². The van der Waals surface area contributed by atoms with E-state index in [2.05, 4.69) is 4.90 Å². The van der Waals surface area contributed by atoms with E-state index in [1.54, 1.807) is 0 Å². The molecule has 1 spiro atoms. The van der Waals surface area contributed by atoms with Crippen molar-refractivity contribution in [2.24, 2.45) is 5.92 Å². The summed E-state index contributed by atoms with van der Waals surface area (Å²) in [5.41, 5.74) is -0.258. The number of piperidine rings is 2. The number of anilines is 1. The van der Waals surface area contributed by atoms with Gasteiger partial charge in [-0.15, -0.1) is 0 Å². The van der Waals surface area contributed by atoms with Gasteiger partial charge in [0.2, 0.25) is 10.0 Å². The molecule has 2 amide bonds. The first kappa shape index (κ1) is 24.5. The van der Waals surface area contributed by atoms with E-state index in [9.17, 15) is 22.4 Å². The Labute approximate surface area is 206 Å². The maximum atomic E-state index is 14.2. The molecule has 2 atom stereocenters. The van der Waals surface area contributed by atoms with Crippen molar-refractivity contribution in [3.05, 3.63) is 29.6 Å². The van der Waals surface area contributed by atoms with Gasteiger partial charge in [-0.2, -0.15) is 0 Å². The van der Waals surface area contributed by atoms with E-state index in [-0.39, 0.29) is 23.9 Å². The highest BCUT2D eigenvalue weighted by Gasteiger charge is 2.56. The zero-order valence-electron chi connectivity index (χ0n) is 20.6. The standard InChI is InChI=1S/C25H34FN3O5S/c1-16(2)15-34-24(31)28-18-5-6-19(28)14-20(13-18)27-10-8-25(9-11-27)21-12-17(26)4-7-22(21)29(23(25)30)35(3,32)33/h4,7,12,16,18-20H,5-6,8-11,13-15H2,1-3H3. The Bertz CT molecular complexity index is 1120. The maximum absolute atomic E-state index is 14.2. The van der Waals surface area contributed by atoms with Gasteiger partial charge in [0.1, 0.15) is 5.82 Å². The molecule has 4 aliphatic rings. The van der Waals surface area contributed by atoms with Crippen LogP contribution >= 0.6 is 0 Å². The molecule has 1 aromatic rings. The molecule has 5 rings (SSSR count). The first-order valence-corrected chi connectivity index (χ1v) is 14.4. The van der Waals surface area contributed by atoms with E-state index in [0.29, 0.717) is 50.1 Å². The fraction of sp³-hybridized carbons (Fsp3) is 0.680. The number of halogens is 1. The molecule has 3 saturated heterocycles. The lowest BCUT2D eigenvalue weighted by molar-refractivity contribution is -0.124. The van der Waals surface area contributed by atoms with Crippen LogP contribution in [0.1, 0.15) is 57.9 Å². The van der Waals surface area contributed by atoms with Gasteiger partial charge in [-0.1, -0.05) is 13.8 Å². The van der Waals surface area contributed by atoms with E-state index < -0.39 is 27.2 Å². The molecule has 2 unspecified atom stereocenters. The Balaban J connectivity index is 1.30. The normalized spacial score (nSPS) is 28.1. The van der Waals surface area contributed by atoms with Crippen molar-refractivity contribution >= 4 is 27.7 Å². The second kappa shape index (κ2) is 8.73. The number of amides is 2. The predicted octanol–water partition coefficient (Wildman–Crippen LogP) is 3.25. The highest BCUT2D eigenvalue weighted by Crippen LogP contribution is 2.50. The summed E-state index contributed by atoms with van der Waals surface area (Å²) in [4.78, 5) is 30.5. The number of likely N-dealkylation sites (tertiary alicyclic amines) is 1. The van der Waals surface area contributed by atoms with Crippen LogP contribution in [0.4, 0.5) is 14.9 Å². The molecule has 0 aliphatic carbocycles. The van der Waals surface area contributed by atoms with Crippen LogP contribution in [0.15, 0.2) is 18.2 Å². The number of nitrogens with zero attached hydrogens (tertiary/aromatic N) is 3. The highest BCUT2D eigenvalue weighted by molar-refractivity contribution is 7.92. The van der Waals surface area contributed by atoms with E-state index in [4.69, 9.17) is 4.74 Å². The fourth-order valence-electron chi connectivity index (χ4n) is 6.63. The Morgan fingerprint density at radius 3 is 2.34 bits per heavy atom. The first-order chi connectivity index (χ1) is 16.5. The quantitative estimate of drug-likeness (QED) is 0.622. The van der Waals surface area contributed by atoms with Gasteiger partial charge in [0.25, 0.3) is 5.91 Å². The Morgan fingerprint density at radius 1 is 1.14 bits per heavy atom. The lowest BCUT2D eigenvalue weighted by Gasteiger charge is -2.46. The number of benzene rings is 1. The van der Waals surface area contributed by atoms with Crippen molar-refractivity contribution < 1.29 is 27.1 Å². The molecule has 1 aromatic carbocycles. The fourth-order valence-corrected chi connectivity index (χ4v) is 7.62. The minimum absolute atomic E-state index is 0.165. The molecule has 0 N–H and O–H groups in total. The number of ether oxygens (including phenoxy) is 1. The zero-order chi connectivity index (χ0) is 25.1. The number of carbonyl (C=O) groups excluding carboxylic acids is 2. The van der Waals surface area contributed by atoms with Gasteiger partial charge in [-0.3, -0.25) is 4.79 Å². The minimum atomic E-state index is -3.82. The summed E-state index contributed by atoms with van der Waals surface area (Å²) in [6.07, 6.45) is 5.39. The third-order valence-corrected chi connectivity index (χ3v) is 9.27. The Morgan fingerprint density at radius 2 is 1.77 bits per heavy atom. The van der Waals surface area contributed by atoms with Crippen LogP contribution in [0, 0.1) is 11.7 Å². The van der Waals surface area contributed by atoms with Gasteiger partial charge in [0.15, 0.2) is 0 Å². The molecule has 192 valence electrons. The average Bonchev–Trinajstić information content (AvgIpc) is 3.19. The largest absolute Gasteiger partial charge is 0.449 e. The van der Waals surface area contributed by atoms with Crippen molar-refractivity contribution in [2.45, 2.75) is 75.9 Å². The monoisotopic (exact) mass is 507 g/mol. The van der Waals surface area contributed by atoms with E-state index in [1.807, 2.05) is 18.7 Å². The summed E-state index contributed by atoms with van der Waals surface area (Å²) in [7, 11) is -3.82. The molecule has 35 heavy (non-hydrogen) atoms. The van der Waals surface area contributed by atoms with Crippen LogP contribution in [-0.2, 0) is 25.0 Å². The SMILES string of the molecule is CC(C)COC(=O)N1C2CCC1CC(N1CCC3(CC1)C(=O)N(S(C)(=O)=O)c1ccc(F)cc13)C2. The first-order valence-electron chi connectivity index (χ1n) is 12.5. The van der Waals surface area contributed by atoms with Crippen LogP contribution < -0.4 is 4.31 Å². The van der Waals surface area contributed by atoms with Gasteiger partial charge in [-0.05, 0) is 81.3 Å². The number of hydrogen-bond acceptors (Lipinski definition) is 6. The topological polar surface area (TPSA) is 87.2 Å². The summed E-state index contributed by atoms with van der Waals surface area (Å²) in [5.74, 6) is -0.643. The molecule has 10 heteroatoms. The molecule has 0 aromatic heterocycles. The second-order valence-electron chi connectivity index (χ2n) is 11.0. The molecular formula is C25H34FN3O5S. The lowest BCUT2D eigenvalue weighted by atomic mass is 9.73. The molecule has 4 heterocycles. The number of fused-ring (bicyclic) bond motifs is 4. The summed E-state index contributed by atoms with van der Waals surface area (Å²) in [6.45, 7) is 5.72. The minimum Gasteiger partial charge on any atom is -0.449 e. The molecule has 8 nitrogen and oxygen atoms in total. The number of sulfonamides is 1. The van der Waals surface area contributed by atoms with Gasteiger partial charge in [0.05, 0.1) is 24.0 Å². The highest BCUT2D eigenvalue weighted by atomic mass is 32.2. The van der Waals surface area contributed by atoms with Crippen LogP contribution in [0.25, 0.3) is 0 Å². The molecule has 2 bridgehead atoms. The van der Waals surface area contributed by atoms with Crippen LogP contribution in [-0.4, -0.2) is 74.3 Å². The summed E-state index contributed by atoms with van der Waals surface area (Å²) in [6, 6.07) is 4.56. The smallest absolute Gasteiger partial charge is 0.410 e. The number of carbonyl (C=O) groups is 2.